The van der Waals surface area contributed by atoms with Crippen LogP contribution in [0.2, 0.25) is 0 Å². The standard InChI is InChI=1S/C12H12F2N2O4S/c13-9-2-1-7(5-10(9)14)15-11(17)12(18)16-8-3-4-21(19,20)6-8/h1-2,5,8H,3-4,6H2,(H,15,17)(H,16,18). The Kier molecular flexibility index (Phi) is 4.21. The van der Waals surface area contributed by atoms with Crippen molar-refractivity contribution >= 4 is 27.3 Å². The van der Waals surface area contributed by atoms with Gasteiger partial charge in [0, 0.05) is 17.8 Å². The zero-order valence-electron chi connectivity index (χ0n) is 10.7. The molecule has 1 heterocycles. The maximum atomic E-state index is 13.0. The minimum Gasteiger partial charge on any atom is -0.344 e. The summed E-state index contributed by atoms with van der Waals surface area (Å²) in [7, 11) is -3.17. The van der Waals surface area contributed by atoms with Gasteiger partial charge in [-0.15, -0.1) is 0 Å². The Morgan fingerprint density at radius 2 is 1.86 bits per heavy atom. The van der Waals surface area contributed by atoms with Crippen LogP contribution in [0.15, 0.2) is 18.2 Å². The maximum absolute atomic E-state index is 13.0. The summed E-state index contributed by atoms with van der Waals surface area (Å²) in [6.45, 7) is 0. The second-order valence-corrected chi connectivity index (χ2v) is 6.89. The number of rotatable bonds is 2. The third-order valence-corrected chi connectivity index (χ3v) is 4.72. The SMILES string of the molecule is O=C(Nc1ccc(F)c(F)c1)C(=O)NC1CCS(=O)(=O)C1. The Balaban J connectivity index is 1.94. The fourth-order valence-corrected chi connectivity index (χ4v) is 3.59. The number of carbonyl (C=O) groups excluding carboxylic acids is 2. The van der Waals surface area contributed by atoms with Crippen LogP contribution >= 0.6 is 0 Å². The van der Waals surface area contributed by atoms with Crippen molar-refractivity contribution in [3.05, 3.63) is 29.8 Å². The molecule has 2 amide bonds. The average Bonchev–Trinajstić information content (AvgIpc) is 2.73. The highest BCUT2D eigenvalue weighted by atomic mass is 32.2. The summed E-state index contributed by atoms with van der Waals surface area (Å²) in [5.41, 5.74) is -0.0758. The number of sulfone groups is 1. The number of amides is 2. The fourth-order valence-electron chi connectivity index (χ4n) is 1.92. The molecule has 0 spiro atoms. The van der Waals surface area contributed by atoms with Gasteiger partial charge in [0.1, 0.15) is 0 Å². The number of halogens is 2. The van der Waals surface area contributed by atoms with Crippen molar-refractivity contribution in [2.45, 2.75) is 12.5 Å². The first-order valence-electron chi connectivity index (χ1n) is 6.04. The predicted octanol–water partition coefficient (Wildman–Crippen LogP) is 0.207. The fraction of sp³-hybridized carbons (Fsp3) is 0.333. The second kappa shape index (κ2) is 5.76. The molecule has 1 aromatic carbocycles. The molecule has 1 aliphatic rings. The molecule has 2 rings (SSSR count). The Hall–Kier alpha value is -2.03. The van der Waals surface area contributed by atoms with Crippen LogP contribution in [0, 0.1) is 11.6 Å². The van der Waals surface area contributed by atoms with Crippen molar-refractivity contribution in [1.29, 1.82) is 0 Å². The lowest BCUT2D eigenvalue weighted by atomic mass is 10.2. The van der Waals surface area contributed by atoms with Gasteiger partial charge in [0.2, 0.25) is 0 Å². The summed E-state index contributed by atoms with van der Waals surface area (Å²) in [5.74, 6) is -4.59. The molecule has 1 fully saturated rings. The summed E-state index contributed by atoms with van der Waals surface area (Å²) in [4.78, 5) is 23.1. The molecule has 0 bridgehead atoms. The highest BCUT2D eigenvalue weighted by Crippen LogP contribution is 2.13. The first-order chi connectivity index (χ1) is 9.77. The van der Waals surface area contributed by atoms with Gasteiger partial charge in [0.05, 0.1) is 11.5 Å². The summed E-state index contributed by atoms with van der Waals surface area (Å²) >= 11 is 0. The molecule has 0 aromatic heterocycles. The van der Waals surface area contributed by atoms with E-state index in [-0.39, 0.29) is 23.6 Å². The topological polar surface area (TPSA) is 92.3 Å². The van der Waals surface area contributed by atoms with Crippen molar-refractivity contribution in [2.24, 2.45) is 0 Å². The van der Waals surface area contributed by atoms with Crippen LogP contribution in [-0.2, 0) is 19.4 Å². The van der Waals surface area contributed by atoms with E-state index >= 15 is 0 Å². The van der Waals surface area contributed by atoms with Gasteiger partial charge < -0.3 is 10.6 Å². The van der Waals surface area contributed by atoms with Crippen LogP contribution in [0.4, 0.5) is 14.5 Å². The summed E-state index contributed by atoms with van der Waals surface area (Å²) in [6.07, 6.45) is 0.243. The van der Waals surface area contributed by atoms with E-state index in [0.29, 0.717) is 0 Å². The smallest absolute Gasteiger partial charge is 0.313 e. The number of benzene rings is 1. The van der Waals surface area contributed by atoms with Crippen LogP contribution in [-0.4, -0.2) is 37.8 Å². The molecule has 21 heavy (non-hydrogen) atoms. The first kappa shape index (κ1) is 15.4. The summed E-state index contributed by atoms with van der Waals surface area (Å²) in [6, 6.07) is 2.04. The van der Waals surface area contributed by atoms with Gasteiger partial charge in [-0.05, 0) is 18.6 Å². The van der Waals surface area contributed by atoms with Crippen molar-refractivity contribution in [1.82, 2.24) is 5.32 Å². The van der Waals surface area contributed by atoms with Gasteiger partial charge in [-0.1, -0.05) is 0 Å². The minimum atomic E-state index is -3.17. The number of hydrogen-bond acceptors (Lipinski definition) is 4. The molecule has 1 atom stereocenters. The molecule has 0 aliphatic carbocycles. The van der Waals surface area contributed by atoms with E-state index in [0.717, 1.165) is 18.2 Å². The van der Waals surface area contributed by atoms with Crippen LogP contribution < -0.4 is 10.6 Å². The molecular weight excluding hydrogens is 306 g/mol. The van der Waals surface area contributed by atoms with Crippen LogP contribution in [0.3, 0.4) is 0 Å². The molecule has 2 N–H and O–H groups in total. The summed E-state index contributed by atoms with van der Waals surface area (Å²) < 4.78 is 48.1. The molecule has 1 aliphatic heterocycles. The number of carbonyl (C=O) groups is 2. The lowest BCUT2D eigenvalue weighted by Crippen LogP contribution is -2.42. The molecular formula is C12H12F2N2O4S. The molecule has 114 valence electrons. The molecule has 6 nitrogen and oxygen atoms in total. The normalized spacial score (nSPS) is 20.0. The number of anilines is 1. The van der Waals surface area contributed by atoms with E-state index in [4.69, 9.17) is 0 Å². The van der Waals surface area contributed by atoms with E-state index in [1.165, 1.54) is 0 Å². The number of hydrogen-bond donors (Lipinski definition) is 2. The largest absolute Gasteiger partial charge is 0.344 e. The van der Waals surface area contributed by atoms with Crippen molar-refractivity contribution < 1.29 is 26.8 Å². The number of nitrogens with one attached hydrogen (secondary N) is 2. The van der Waals surface area contributed by atoms with Gasteiger partial charge in [0.25, 0.3) is 0 Å². The van der Waals surface area contributed by atoms with Crippen molar-refractivity contribution in [3.8, 4) is 0 Å². The Labute approximate surface area is 119 Å². The Morgan fingerprint density at radius 1 is 1.14 bits per heavy atom. The van der Waals surface area contributed by atoms with Crippen LogP contribution in [0.5, 0.6) is 0 Å². The van der Waals surface area contributed by atoms with E-state index in [9.17, 15) is 26.8 Å². The third-order valence-electron chi connectivity index (χ3n) is 2.95. The third kappa shape index (κ3) is 3.97. The van der Waals surface area contributed by atoms with E-state index in [1.54, 1.807) is 0 Å². The molecule has 1 saturated heterocycles. The maximum Gasteiger partial charge on any atom is 0.313 e. The van der Waals surface area contributed by atoms with E-state index in [1.807, 2.05) is 0 Å². The van der Waals surface area contributed by atoms with Crippen molar-refractivity contribution in [3.63, 3.8) is 0 Å². The predicted molar refractivity (Wildman–Crippen MR) is 70.2 cm³/mol. The molecule has 1 aromatic rings. The summed E-state index contributed by atoms with van der Waals surface area (Å²) in [5, 5.41) is 4.38. The lowest BCUT2D eigenvalue weighted by molar-refractivity contribution is -0.136. The van der Waals surface area contributed by atoms with Gasteiger partial charge in [0.15, 0.2) is 21.5 Å². The molecule has 0 saturated carbocycles. The lowest BCUT2D eigenvalue weighted by Gasteiger charge is -2.10. The average molecular weight is 318 g/mol. The van der Waals surface area contributed by atoms with Gasteiger partial charge in [-0.3, -0.25) is 9.59 Å². The molecule has 1 unspecified atom stereocenters. The van der Waals surface area contributed by atoms with Gasteiger partial charge >= 0.3 is 11.8 Å². The first-order valence-corrected chi connectivity index (χ1v) is 7.86. The van der Waals surface area contributed by atoms with E-state index < -0.39 is 39.3 Å². The minimum absolute atomic E-state index is 0.0389. The van der Waals surface area contributed by atoms with Gasteiger partial charge in [-0.25, -0.2) is 17.2 Å². The van der Waals surface area contributed by atoms with Crippen molar-refractivity contribution in [2.75, 3.05) is 16.8 Å². The zero-order chi connectivity index (χ0) is 15.6. The Morgan fingerprint density at radius 3 is 2.43 bits per heavy atom. The van der Waals surface area contributed by atoms with Crippen LogP contribution in [0.1, 0.15) is 6.42 Å². The van der Waals surface area contributed by atoms with Gasteiger partial charge in [-0.2, -0.15) is 0 Å². The monoisotopic (exact) mass is 318 g/mol. The highest BCUT2D eigenvalue weighted by Gasteiger charge is 2.30. The second-order valence-electron chi connectivity index (χ2n) is 4.66. The van der Waals surface area contributed by atoms with E-state index in [2.05, 4.69) is 10.6 Å². The quantitative estimate of drug-likeness (QED) is 0.762. The highest BCUT2D eigenvalue weighted by molar-refractivity contribution is 7.91. The molecule has 0 radical (unpaired) electrons. The van der Waals surface area contributed by atoms with Crippen LogP contribution in [0.25, 0.3) is 0 Å². The Bertz CT molecular complexity index is 690. The molecule has 9 heteroatoms. The zero-order valence-corrected chi connectivity index (χ0v) is 11.5.